The summed E-state index contributed by atoms with van der Waals surface area (Å²) < 4.78 is 0. The molecule has 1 nitrogen and oxygen atoms in total. The normalized spacial score (nSPS) is 30.7. The molecule has 0 aromatic heterocycles. The van der Waals surface area contributed by atoms with Crippen LogP contribution in [0.1, 0.15) is 39.0 Å². The molecule has 1 saturated carbocycles. The van der Waals surface area contributed by atoms with Gasteiger partial charge in [-0.05, 0) is 37.4 Å². The molecule has 1 N–H and O–H groups in total. The number of nitrogens with one attached hydrogen (secondary N) is 1. The topological polar surface area (TPSA) is 12.0 Å². The zero-order valence-electron chi connectivity index (χ0n) is 11.2. The Kier molecular flexibility index (Phi) is 3.67. The van der Waals surface area contributed by atoms with E-state index < -0.39 is 0 Å². The Morgan fingerprint density at radius 1 is 1.11 bits per heavy atom. The van der Waals surface area contributed by atoms with Gasteiger partial charge in [0, 0.05) is 15.7 Å². The van der Waals surface area contributed by atoms with E-state index in [9.17, 15) is 0 Å². The van der Waals surface area contributed by atoms with Gasteiger partial charge in [-0.15, -0.1) is 11.8 Å². The second-order valence-electron chi connectivity index (χ2n) is 5.93. The van der Waals surface area contributed by atoms with Crippen molar-refractivity contribution in [2.75, 3.05) is 6.54 Å². The largest absolute Gasteiger partial charge is 0.310 e. The average molecular weight is 261 g/mol. The molecule has 2 fully saturated rings. The molecular formula is C16H23NS. The molecule has 1 aliphatic heterocycles. The van der Waals surface area contributed by atoms with Gasteiger partial charge in [0.05, 0.1) is 0 Å². The number of rotatable bonds is 2. The van der Waals surface area contributed by atoms with Crippen LogP contribution in [0.15, 0.2) is 35.2 Å². The zero-order valence-corrected chi connectivity index (χ0v) is 12.0. The third kappa shape index (κ3) is 2.33. The first-order valence-corrected chi connectivity index (χ1v) is 8.15. The zero-order chi connectivity index (χ0) is 12.4. The number of thioether (sulfide) groups is 1. The van der Waals surface area contributed by atoms with Gasteiger partial charge in [0.1, 0.15) is 0 Å². The van der Waals surface area contributed by atoms with Crippen molar-refractivity contribution in [3.8, 4) is 0 Å². The maximum absolute atomic E-state index is 3.87. The summed E-state index contributed by atoms with van der Waals surface area (Å²) in [6.07, 6.45) is 7.00. The highest BCUT2D eigenvalue weighted by molar-refractivity contribution is 8.00. The minimum atomic E-state index is 0.429. The van der Waals surface area contributed by atoms with Crippen molar-refractivity contribution in [3.63, 3.8) is 0 Å². The third-order valence-electron chi connectivity index (χ3n) is 4.59. The number of benzene rings is 1. The maximum atomic E-state index is 3.87. The fourth-order valence-electron chi connectivity index (χ4n) is 3.64. The van der Waals surface area contributed by atoms with Gasteiger partial charge in [0.2, 0.25) is 0 Å². The van der Waals surface area contributed by atoms with Crippen LogP contribution >= 0.6 is 11.8 Å². The Morgan fingerprint density at radius 2 is 1.83 bits per heavy atom. The highest BCUT2D eigenvalue weighted by atomic mass is 32.2. The molecule has 0 radical (unpaired) electrons. The fraction of sp³-hybridized carbons (Fsp3) is 0.625. The molecule has 1 aromatic carbocycles. The van der Waals surface area contributed by atoms with Crippen LogP contribution in [0.5, 0.6) is 0 Å². The summed E-state index contributed by atoms with van der Waals surface area (Å²) in [5, 5.41) is 4.62. The Hall–Kier alpha value is -0.470. The van der Waals surface area contributed by atoms with E-state index in [1.807, 2.05) is 0 Å². The van der Waals surface area contributed by atoms with E-state index in [1.165, 1.54) is 43.5 Å². The predicted molar refractivity (Wildman–Crippen MR) is 79.1 cm³/mol. The molecule has 1 aromatic rings. The lowest BCUT2D eigenvalue weighted by Gasteiger charge is -2.39. The summed E-state index contributed by atoms with van der Waals surface area (Å²) >= 11 is 2.10. The summed E-state index contributed by atoms with van der Waals surface area (Å²) in [4.78, 5) is 1.43. The van der Waals surface area contributed by atoms with Gasteiger partial charge in [0.25, 0.3) is 0 Å². The molecule has 2 atom stereocenters. The molecule has 18 heavy (non-hydrogen) atoms. The first-order chi connectivity index (χ1) is 8.80. The minimum absolute atomic E-state index is 0.429. The Balaban J connectivity index is 1.79. The molecule has 1 saturated heterocycles. The third-order valence-corrected chi connectivity index (χ3v) is 6.30. The van der Waals surface area contributed by atoms with E-state index in [0.717, 1.165) is 11.2 Å². The smallest absolute Gasteiger partial charge is 0.0314 e. The standard InChI is InChI=1S/C16H23NS/c1-13-12-17-16(10-6-3-7-11-16)15(13)18-14-8-4-2-5-9-14/h2,4-5,8-9,13,15,17H,3,6-7,10-12H2,1H3/t13-,15+/m1/s1. The number of hydrogen-bond donors (Lipinski definition) is 1. The first kappa shape index (κ1) is 12.6. The summed E-state index contributed by atoms with van der Waals surface area (Å²) in [5.41, 5.74) is 0.429. The molecule has 1 spiro atoms. The van der Waals surface area contributed by atoms with Crippen molar-refractivity contribution in [3.05, 3.63) is 30.3 Å². The highest BCUT2D eigenvalue weighted by Gasteiger charge is 2.47. The lowest BCUT2D eigenvalue weighted by molar-refractivity contribution is 0.266. The maximum Gasteiger partial charge on any atom is 0.0314 e. The molecule has 2 heteroatoms. The number of hydrogen-bond acceptors (Lipinski definition) is 2. The van der Waals surface area contributed by atoms with Crippen LogP contribution in [0.25, 0.3) is 0 Å². The fourth-order valence-corrected chi connectivity index (χ4v) is 5.12. The molecule has 98 valence electrons. The van der Waals surface area contributed by atoms with Crippen LogP contribution in [-0.2, 0) is 0 Å². The molecule has 0 amide bonds. The van der Waals surface area contributed by atoms with Crippen LogP contribution < -0.4 is 5.32 Å². The van der Waals surface area contributed by atoms with Crippen molar-refractivity contribution < 1.29 is 0 Å². The van der Waals surface area contributed by atoms with E-state index in [1.54, 1.807) is 0 Å². The van der Waals surface area contributed by atoms with E-state index in [-0.39, 0.29) is 0 Å². The van der Waals surface area contributed by atoms with Crippen LogP contribution in [0.2, 0.25) is 0 Å². The predicted octanol–water partition coefficient (Wildman–Crippen LogP) is 4.09. The van der Waals surface area contributed by atoms with Crippen LogP contribution in [0, 0.1) is 5.92 Å². The van der Waals surface area contributed by atoms with Gasteiger partial charge in [-0.2, -0.15) is 0 Å². The van der Waals surface area contributed by atoms with Crippen molar-refractivity contribution in [1.82, 2.24) is 5.32 Å². The second-order valence-corrected chi connectivity index (χ2v) is 7.14. The van der Waals surface area contributed by atoms with E-state index in [2.05, 4.69) is 54.3 Å². The molecular weight excluding hydrogens is 238 g/mol. The van der Waals surface area contributed by atoms with Crippen LogP contribution in [-0.4, -0.2) is 17.3 Å². The van der Waals surface area contributed by atoms with Gasteiger partial charge in [0.15, 0.2) is 0 Å². The molecule has 0 unspecified atom stereocenters. The van der Waals surface area contributed by atoms with E-state index >= 15 is 0 Å². The van der Waals surface area contributed by atoms with Crippen molar-refractivity contribution in [1.29, 1.82) is 0 Å². The highest BCUT2D eigenvalue weighted by Crippen LogP contribution is 2.45. The average Bonchev–Trinajstić information content (AvgIpc) is 2.71. The lowest BCUT2D eigenvalue weighted by Crippen LogP contribution is -2.48. The van der Waals surface area contributed by atoms with Crippen LogP contribution in [0.3, 0.4) is 0 Å². The Morgan fingerprint density at radius 3 is 2.56 bits per heavy atom. The van der Waals surface area contributed by atoms with Gasteiger partial charge >= 0.3 is 0 Å². The molecule has 0 bridgehead atoms. The van der Waals surface area contributed by atoms with Gasteiger partial charge in [-0.3, -0.25) is 0 Å². The summed E-state index contributed by atoms with van der Waals surface area (Å²) in [6.45, 7) is 3.61. The van der Waals surface area contributed by atoms with Crippen LogP contribution in [0.4, 0.5) is 0 Å². The summed E-state index contributed by atoms with van der Waals surface area (Å²) in [5.74, 6) is 0.785. The molecule has 2 aliphatic rings. The minimum Gasteiger partial charge on any atom is -0.310 e. The van der Waals surface area contributed by atoms with Gasteiger partial charge < -0.3 is 5.32 Å². The first-order valence-electron chi connectivity index (χ1n) is 7.27. The Bertz CT molecular complexity index is 378. The van der Waals surface area contributed by atoms with Crippen molar-refractivity contribution >= 4 is 11.8 Å². The Labute approximate surface area is 115 Å². The summed E-state index contributed by atoms with van der Waals surface area (Å²) in [7, 11) is 0. The monoisotopic (exact) mass is 261 g/mol. The van der Waals surface area contributed by atoms with E-state index in [4.69, 9.17) is 0 Å². The lowest BCUT2D eigenvalue weighted by atomic mass is 9.79. The van der Waals surface area contributed by atoms with Crippen molar-refractivity contribution in [2.45, 2.75) is 54.7 Å². The molecule has 3 rings (SSSR count). The molecule has 1 aliphatic carbocycles. The summed E-state index contributed by atoms with van der Waals surface area (Å²) in [6, 6.07) is 10.9. The molecule has 1 heterocycles. The second kappa shape index (κ2) is 5.26. The van der Waals surface area contributed by atoms with E-state index in [0.29, 0.717) is 5.54 Å². The quantitative estimate of drug-likeness (QED) is 0.860. The SMILES string of the molecule is C[C@@H]1CNC2(CCCCC2)[C@H]1Sc1ccccc1. The van der Waals surface area contributed by atoms with Gasteiger partial charge in [-0.1, -0.05) is 44.4 Å². The van der Waals surface area contributed by atoms with Crippen molar-refractivity contribution in [2.24, 2.45) is 5.92 Å². The van der Waals surface area contributed by atoms with Gasteiger partial charge in [-0.25, -0.2) is 0 Å².